The summed E-state index contributed by atoms with van der Waals surface area (Å²) in [6.07, 6.45) is 2.75. The average Bonchev–Trinajstić information content (AvgIpc) is 2.55. The van der Waals surface area contributed by atoms with Crippen molar-refractivity contribution in [3.8, 4) is 0 Å². The number of rotatable bonds is 4. The van der Waals surface area contributed by atoms with Gasteiger partial charge in [0, 0.05) is 27.3 Å². The van der Waals surface area contributed by atoms with Crippen LogP contribution in [0.25, 0.3) is 0 Å². The Hall–Kier alpha value is -1.52. The Morgan fingerprint density at radius 2 is 2.27 bits per heavy atom. The molecule has 0 atom stereocenters. The molecule has 0 radical (unpaired) electrons. The maximum Gasteiger partial charge on any atom is 0.241 e. The Bertz CT molecular complexity index is 343. The van der Waals surface area contributed by atoms with Gasteiger partial charge in [0.2, 0.25) is 5.91 Å². The van der Waals surface area contributed by atoms with E-state index in [1.54, 1.807) is 23.7 Å². The quantitative estimate of drug-likeness (QED) is 0.786. The van der Waals surface area contributed by atoms with Crippen molar-refractivity contribution >= 4 is 11.6 Å². The number of aryl methyl sites for hydroxylation is 2. The van der Waals surface area contributed by atoms with Crippen LogP contribution in [0.2, 0.25) is 0 Å². The molecule has 1 aromatic rings. The normalized spacial score (nSPS) is 10.1. The molecule has 0 saturated heterocycles. The zero-order chi connectivity index (χ0) is 11.4. The summed E-state index contributed by atoms with van der Waals surface area (Å²) in [6.45, 7) is 2.35. The SMILES string of the molecule is CCc1nn(C)cc1NCC(=O)N(C)C. The second-order valence-electron chi connectivity index (χ2n) is 3.66. The summed E-state index contributed by atoms with van der Waals surface area (Å²) in [5.74, 6) is 0.0564. The minimum absolute atomic E-state index is 0.0564. The van der Waals surface area contributed by atoms with Crippen LogP contribution < -0.4 is 5.32 Å². The number of likely N-dealkylation sites (N-methyl/N-ethyl adjacent to an activating group) is 1. The van der Waals surface area contributed by atoms with Gasteiger partial charge in [-0.2, -0.15) is 5.10 Å². The second-order valence-corrected chi connectivity index (χ2v) is 3.66. The Morgan fingerprint density at radius 1 is 1.60 bits per heavy atom. The van der Waals surface area contributed by atoms with Crippen molar-refractivity contribution in [3.05, 3.63) is 11.9 Å². The summed E-state index contributed by atoms with van der Waals surface area (Å²) < 4.78 is 1.75. The van der Waals surface area contributed by atoms with E-state index in [4.69, 9.17) is 0 Å². The van der Waals surface area contributed by atoms with E-state index in [1.165, 1.54) is 0 Å². The number of nitrogens with zero attached hydrogens (tertiary/aromatic N) is 3. The number of anilines is 1. The maximum atomic E-state index is 11.4. The maximum absolute atomic E-state index is 11.4. The molecule has 0 spiro atoms. The van der Waals surface area contributed by atoms with Crippen LogP contribution in [-0.4, -0.2) is 41.2 Å². The molecule has 5 heteroatoms. The zero-order valence-electron chi connectivity index (χ0n) is 9.74. The van der Waals surface area contributed by atoms with Crippen LogP contribution in [0.15, 0.2) is 6.20 Å². The standard InChI is InChI=1S/C10H18N4O/c1-5-8-9(7-14(4)12-8)11-6-10(15)13(2)3/h7,11H,5-6H2,1-4H3. The lowest BCUT2D eigenvalue weighted by molar-refractivity contribution is -0.126. The summed E-state index contributed by atoms with van der Waals surface area (Å²) in [7, 11) is 5.36. The van der Waals surface area contributed by atoms with Gasteiger partial charge in [0.1, 0.15) is 0 Å². The van der Waals surface area contributed by atoms with Gasteiger partial charge in [0.25, 0.3) is 0 Å². The first-order valence-electron chi connectivity index (χ1n) is 5.01. The van der Waals surface area contributed by atoms with Crippen molar-refractivity contribution in [1.82, 2.24) is 14.7 Å². The van der Waals surface area contributed by atoms with Gasteiger partial charge in [-0.15, -0.1) is 0 Å². The zero-order valence-corrected chi connectivity index (χ0v) is 9.74. The van der Waals surface area contributed by atoms with Crippen molar-refractivity contribution in [2.24, 2.45) is 7.05 Å². The predicted octanol–water partition coefficient (Wildman–Crippen LogP) is 0.483. The van der Waals surface area contributed by atoms with Crippen LogP contribution in [-0.2, 0) is 18.3 Å². The lowest BCUT2D eigenvalue weighted by atomic mass is 10.3. The molecule has 0 aliphatic heterocycles. The Morgan fingerprint density at radius 3 is 2.80 bits per heavy atom. The lowest BCUT2D eigenvalue weighted by Crippen LogP contribution is -2.28. The smallest absolute Gasteiger partial charge is 0.241 e. The molecular weight excluding hydrogens is 192 g/mol. The summed E-state index contributed by atoms with van der Waals surface area (Å²) in [6, 6.07) is 0. The Labute approximate surface area is 90.1 Å². The lowest BCUT2D eigenvalue weighted by Gasteiger charge is -2.11. The molecule has 1 amide bonds. The molecule has 0 saturated carbocycles. The number of carbonyl (C=O) groups excluding carboxylic acids is 1. The van der Waals surface area contributed by atoms with Crippen molar-refractivity contribution in [2.45, 2.75) is 13.3 Å². The summed E-state index contributed by atoms with van der Waals surface area (Å²) in [5.41, 5.74) is 1.93. The molecular formula is C10H18N4O. The largest absolute Gasteiger partial charge is 0.373 e. The number of hydrogen-bond donors (Lipinski definition) is 1. The molecule has 5 nitrogen and oxygen atoms in total. The average molecular weight is 210 g/mol. The van der Waals surface area contributed by atoms with Gasteiger partial charge in [0.05, 0.1) is 17.9 Å². The highest BCUT2D eigenvalue weighted by Gasteiger charge is 2.08. The van der Waals surface area contributed by atoms with Crippen LogP contribution in [0.3, 0.4) is 0 Å². The van der Waals surface area contributed by atoms with Gasteiger partial charge in [0.15, 0.2) is 0 Å². The highest BCUT2D eigenvalue weighted by Crippen LogP contribution is 2.12. The molecule has 15 heavy (non-hydrogen) atoms. The van der Waals surface area contributed by atoms with Crippen LogP contribution in [0.5, 0.6) is 0 Å². The van der Waals surface area contributed by atoms with E-state index in [-0.39, 0.29) is 5.91 Å². The van der Waals surface area contributed by atoms with Crippen molar-refractivity contribution in [2.75, 3.05) is 26.0 Å². The Kier molecular flexibility index (Phi) is 3.71. The molecule has 0 fully saturated rings. The molecule has 0 bridgehead atoms. The number of aromatic nitrogens is 2. The first-order chi connectivity index (χ1) is 7.04. The topological polar surface area (TPSA) is 50.2 Å². The van der Waals surface area contributed by atoms with Gasteiger partial charge in [-0.25, -0.2) is 0 Å². The van der Waals surface area contributed by atoms with E-state index in [2.05, 4.69) is 10.4 Å². The minimum atomic E-state index is 0.0564. The van der Waals surface area contributed by atoms with E-state index < -0.39 is 0 Å². The summed E-state index contributed by atoms with van der Waals surface area (Å²) in [5, 5.41) is 7.37. The van der Waals surface area contributed by atoms with Crippen LogP contribution in [0, 0.1) is 0 Å². The van der Waals surface area contributed by atoms with E-state index in [0.29, 0.717) is 6.54 Å². The third-order valence-electron chi connectivity index (χ3n) is 2.17. The fourth-order valence-corrected chi connectivity index (χ4v) is 1.27. The van der Waals surface area contributed by atoms with Crippen LogP contribution >= 0.6 is 0 Å². The molecule has 1 heterocycles. The van der Waals surface area contributed by atoms with Crippen molar-refractivity contribution < 1.29 is 4.79 Å². The minimum Gasteiger partial charge on any atom is -0.373 e. The van der Waals surface area contributed by atoms with Crippen molar-refractivity contribution in [1.29, 1.82) is 0 Å². The van der Waals surface area contributed by atoms with Crippen molar-refractivity contribution in [3.63, 3.8) is 0 Å². The van der Waals surface area contributed by atoms with Gasteiger partial charge < -0.3 is 10.2 Å². The third-order valence-corrected chi connectivity index (χ3v) is 2.17. The molecule has 1 rings (SSSR count). The third kappa shape index (κ3) is 2.97. The molecule has 0 aliphatic carbocycles. The first-order valence-corrected chi connectivity index (χ1v) is 5.01. The highest BCUT2D eigenvalue weighted by atomic mass is 16.2. The van der Waals surface area contributed by atoms with E-state index in [0.717, 1.165) is 17.8 Å². The fraction of sp³-hybridized carbons (Fsp3) is 0.600. The first kappa shape index (κ1) is 11.6. The number of carbonyl (C=O) groups is 1. The molecule has 1 N–H and O–H groups in total. The van der Waals surface area contributed by atoms with Gasteiger partial charge in [-0.05, 0) is 6.42 Å². The van der Waals surface area contributed by atoms with Gasteiger partial charge in [-0.3, -0.25) is 9.48 Å². The van der Waals surface area contributed by atoms with Gasteiger partial charge >= 0.3 is 0 Å². The molecule has 0 unspecified atom stereocenters. The van der Waals surface area contributed by atoms with E-state index >= 15 is 0 Å². The number of hydrogen-bond acceptors (Lipinski definition) is 3. The fourth-order valence-electron chi connectivity index (χ4n) is 1.27. The summed E-state index contributed by atoms with van der Waals surface area (Å²) in [4.78, 5) is 12.9. The summed E-state index contributed by atoms with van der Waals surface area (Å²) >= 11 is 0. The molecule has 0 aromatic carbocycles. The van der Waals surface area contributed by atoms with Crippen LogP contribution in [0.1, 0.15) is 12.6 Å². The van der Waals surface area contributed by atoms with E-state index in [9.17, 15) is 4.79 Å². The number of nitrogens with one attached hydrogen (secondary N) is 1. The highest BCUT2D eigenvalue weighted by molar-refractivity contribution is 5.80. The monoisotopic (exact) mass is 210 g/mol. The van der Waals surface area contributed by atoms with Gasteiger partial charge in [-0.1, -0.05) is 6.92 Å². The predicted molar refractivity (Wildman–Crippen MR) is 59.8 cm³/mol. The second kappa shape index (κ2) is 4.82. The Balaban J connectivity index is 2.60. The molecule has 0 aliphatic rings. The molecule has 1 aromatic heterocycles. The van der Waals surface area contributed by atoms with Crippen LogP contribution in [0.4, 0.5) is 5.69 Å². The van der Waals surface area contributed by atoms with E-state index in [1.807, 2.05) is 20.2 Å². The molecule has 84 valence electrons. The number of amides is 1.